The van der Waals surface area contributed by atoms with Crippen molar-refractivity contribution in [1.29, 1.82) is 0 Å². The van der Waals surface area contributed by atoms with E-state index in [1.165, 1.54) is 29.2 Å². The molecule has 0 spiro atoms. The van der Waals surface area contributed by atoms with E-state index in [0.717, 1.165) is 34.0 Å². The molecule has 202 valence electrons. The second-order valence-electron chi connectivity index (χ2n) is 9.02. The highest BCUT2D eigenvalue weighted by molar-refractivity contribution is 7.92. The third-order valence-corrected chi connectivity index (χ3v) is 7.92. The van der Waals surface area contributed by atoms with Crippen molar-refractivity contribution in [2.24, 2.45) is 0 Å². The monoisotopic (exact) mass is 539 g/mol. The van der Waals surface area contributed by atoms with Gasteiger partial charge in [-0.15, -0.1) is 0 Å². The maximum Gasteiger partial charge on any atom is 0.264 e. The van der Waals surface area contributed by atoms with Gasteiger partial charge in [-0.1, -0.05) is 61.9 Å². The zero-order valence-electron chi connectivity index (χ0n) is 21.9. The van der Waals surface area contributed by atoms with Gasteiger partial charge in [0, 0.05) is 13.1 Å². The number of rotatable bonds is 12. The molecule has 0 aromatic heterocycles. The Balaban J connectivity index is 2.02. The molecule has 7 nitrogen and oxygen atoms in total. The highest BCUT2D eigenvalue weighted by Gasteiger charge is 2.33. The second-order valence-corrected chi connectivity index (χ2v) is 10.9. The summed E-state index contributed by atoms with van der Waals surface area (Å²) in [6, 6.07) is 19.5. The van der Waals surface area contributed by atoms with E-state index in [-0.39, 0.29) is 23.0 Å². The quantitative estimate of drug-likeness (QED) is 0.363. The third kappa shape index (κ3) is 7.19. The molecule has 1 atom stereocenters. The lowest BCUT2D eigenvalue weighted by Gasteiger charge is -2.33. The highest BCUT2D eigenvalue weighted by Crippen LogP contribution is 2.25. The van der Waals surface area contributed by atoms with Crippen LogP contribution in [0.5, 0.6) is 0 Å². The van der Waals surface area contributed by atoms with Gasteiger partial charge in [-0.05, 0) is 61.7 Å². The largest absolute Gasteiger partial charge is 0.354 e. The van der Waals surface area contributed by atoms with Gasteiger partial charge in [-0.25, -0.2) is 12.8 Å². The third-order valence-electron chi connectivity index (χ3n) is 6.13. The van der Waals surface area contributed by atoms with E-state index in [4.69, 9.17) is 0 Å². The zero-order chi connectivity index (χ0) is 27.7. The van der Waals surface area contributed by atoms with Crippen molar-refractivity contribution < 1.29 is 22.4 Å². The van der Waals surface area contributed by atoms with Crippen molar-refractivity contribution in [3.05, 3.63) is 95.8 Å². The summed E-state index contributed by atoms with van der Waals surface area (Å²) in [5, 5.41) is 2.85. The minimum absolute atomic E-state index is 0.00469. The summed E-state index contributed by atoms with van der Waals surface area (Å²) in [7, 11) is -4.18. The number of hydrogen-bond donors (Lipinski definition) is 1. The molecule has 3 rings (SSSR count). The summed E-state index contributed by atoms with van der Waals surface area (Å²) < 4.78 is 42.0. The average Bonchev–Trinajstić information content (AvgIpc) is 2.92. The minimum Gasteiger partial charge on any atom is -0.354 e. The predicted molar refractivity (Wildman–Crippen MR) is 146 cm³/mol. The first-order valence-corrected chi connectivity index (χ1v) is 14.1. The van der Waals surface area contributed by atoms with Crippen LogP contribution in [0.2, 0.25) is 0 Å². The van der Waals surface area contributed by atoms with Crippen LogP contribution < -0.4 is 9.62 Å². The SMILES string of the molecule is CCCNC(=O)[C@@H](CC)N(Cc1ccc(C)cc1)C(=O)CN(c1ccc(F)cc1)S(=O)(=O)c1ccccc1. The van der Waals surface area contributed by atoms with Gasteiger partial charge < -0.3 is 10.2 Å². The van der Waals surface area contributed by atoms with E-state index in [2.05, 4.69) is 5.32 Å². The molecule has 0 aliphatic carbocycles. The summed E-state index contributed by atoms with van der Waals surface area (Å²) >= 11 is 0. The summed E-state index contributed by atoms with van der Waals surface area (Å²) in [6.45, 7) is 5.72. The zero-order valence-corrected chi connectivity index (χ0v) is 22.7. The van der Waals surface area contributed by atoms with Gasteiger partial charge in [0.15, 0.2) is 0 Å². The fourth-order valence-corrected chi connectivity index (χ4v) is 5.47. The molecule has 0 fully saturated rings. The first-order chi connectivity index (χ1) is 18.2. The molecule has 3 aromatic carbocycles. The number of nitrogens with zero attached hydrogens (tertiary/aromatic N) is 2. The van der Waals surface area contributed by atoms with Gasteiger partial charge in [0.2, 0.25) is 11.8 Å². The number of benzene rings is 3. The lowest BCUT2D eigenvalue weighted by atomic mass is 10.1. The first kappa shape index (κ1) is 28.8. The number of sulfonamides is 1. The van der Waals surface area contributed by atoms with Crippen LogP contribution in [0, 0.1) is 12.7 Å². The summed E-state index contributed by atoms with van der Waals surface area (Å²) in [5.41, 5.74) is 2.00. The Labute approximate surface area is 224 Å². The Morgan fingerprint density at radius 3 is 2.13 bits per heavy atom. The highest BCUT2D eigenvalue weighted by atomic mass is 32.2. The van der Waals surface area contributed by atoms with Gasteiger partial charge in [0.05, 0.1) is 10.6 Å². The van der Waals surface area contributed by atoms with Crippen LogP contribution in [0.3, 0.4) is 0 Å². The Morgan fingerprint density at radius 2 is 1.55 bits per heavy atom. The Bertz CT molecular complexity index is 1310. The van der Waals surface area contributed by atoms with Gasteiger partial charge in [0.1, 0.15) is 18.4 Å². The smallest absolute Gasteiger partial charge is 0.264 e. The number of hydrogen-bond acceptors (Lipinski definition) is 4. The van der Waals surface area contributed by atoms with E-state index in [1.54, 1.807) is 18.2 Å². The van der Waals surface area contributed by atoms with Crippen molar-refractivity contribution in [2.75, 3.05) is 17.4 Å². The van der Waals surface area contributed by atoms with E-state index >= 15 is 0 Å². The summed E-state index contributed by atoms with van der Waals surface area (Å²) in [6.07, 6.45) is 1.08. The lowest BCUT2D eigenvalue weighted by Crippen LogP contribution is -2.52. The number of carbonyl (C=O) groups excluding carboxylic acids is 2. The average molecular weight is 540 g/mol. The molecule has 0 heterocycles. The van der Waals surface area contributed by atoms with Crippen LogP contribution in [0.4, 0.5) is 10.1 Å². The Morgan fingerprint density at radius 1 is 0.921 bits per heavy atom. The van der Waals surface area contributed by atoms with Crippen molar-refractivity contribution in [3.63, 3.8) is 0 Å². The molecule has 1 N–H and O–H groups in total. The molecule has 9 heteroatoms. The molecular formula is C29H34FN3O4S. The van der Waals surface area contributed by atoms with Crippen LogP contribution in [0.15, 0.2) is 83.8 Å². The van der Waals surface area contributed by atoms with Crippen molar-refractivity contribution >= 4 is 27.5 Å². The maximum atomic E-state index is 13.9. The maximum absolute atomic E-state index is 13.9. The molecule has 2 amide bonds. The van der Waals surface area contributed by atoms with E-state index in [0.29, 0.717) is 13.0 Å². The number of aryl methyl sites for hydroxylation is 1. The first-order valence-electron chi connectivity index (χ1n) is 12.6. The van der Waals surface area contributed by atoms with E-state index < -0.39 is 34.3 Å². The molecule has 0 aliphatic heterocycles. The second kappa shape index (κ2) is 13.2. The standard InChI is InChI=1S/C29H34FN3O4S/c1-4-19-31-29(35)27(5-2)32(20-23-13-11-22(3)12-14-23)28(34)21-33(25-17-15-24(30)16-18-25)38(36,37)26-9-7-6-8-10-26/h6-18,27H,4-5,19-21H2,1-3H3,(H,31,35)/t27-/m1/s1. The molecule has 0 aliphatic rings. The van der Waals surface area contributed by atoms with Gasteiger partial charge in [-0.3, -0.25) is 13.9 Å². The van der Waals surface area contributed by atoms with Crippen LogP contribution in [0.25, 0.3) is 0 Å². The molecule has 0 bridgehead atoms. The molecule has 0 saturated carbocycles. The fourth-order valence-electron chi connectivity index (χ4n) is 4.03. The molecule has 0 unspecified atom stereocenters. The number of nitrogens with one attached hydrogen (secondary N) is 1. The Hall–Kier alpha value is -3.72. The Kier molecular flexibility index (Phi) is 10.0. The lowest BCUT2D eigenvalue weighted by molar-refractivity contribution is -0.140. The van der Waals surface area contributed by atoms with E-state index in [9.17, 15) is 22.4 Å². The minimum atomic E-state index is -4.18. The molecule has 3 aromatic rings. The number of amides is 2. The molecule has 38 heavy (non-hydrogen) atoms. The number of carbonyl (C=O) groups is 2. The number of anilines is 1. The fraction of sp³-hybridized carbons (Fsp3) is 0.310. The predicted octanol–water partition coefficient (Wildman–Crippen LogP) is 4.66. The van der Waals surface area contributed by atoms with E-state index in [1.807, 2.05) is 45.0 Å². The van der Waals surface area contributed by atoms with Crippen molar-refractivity contribution in [3.8, 4) is 0 Å². The van der Waals surface area contributed by atoms with Gasteiger partial charge >= 0.3 is 0 Å². The summed E-state index contributed by atoms with van der Waals surface area (Å²) in [4.78, 5) is 28.4. The molecular weight excluding hydrogens is 505 g/mol. The van der Waals surface area contributed by atoms with Crippen molar-refractivity contribution in [2.45, 2.75) is 51.1 Å². The van der Waals surface area contributed by atoms with Crippen molar-refractivity contribution in [1.82, 2.24) is 10.2 Å². The number of halogens is 1. The molecule has 0 radical (unpaired) electrons. The molecule has 0 saturated heterocycles. The van der Waals surface area contributed by atoms with Crippen LogP contribution in [-0.2, 0) is 26.2 Å². The topological polar surface area (TPSA) is 86.8 Å². The summed E-state index contributed by atoms with van der Waals surface area (Å²) in [5.74, 6) is -1.38. The van der Waals surface area contributed by atoms with Crippen LogP contribution in [0.1, 0.15) is 37.8 Å². The normalized spacial score (nSPS) is 12.0. The van der Waals surface area contributed by atoms with Gasteiger partial charge in [-0.2, -0.15) is 0 Å². The van der Waals surface area contributed by atoms with Crippen LogP contribution in [-0.4, -0.2) is 44.3 Å². The van der Waals surface area contributed by atoms with Crippen LogP contribution >= 0.6 is 0 Å². The van der Waals surface area contributed by atoms with Gasteiger partial charge in [0.25, 0.3) is 10.0 Å².